The third kappa shape index (κ3) is 6.77. The van der Waals surface area contributed by atoms with E-state index in [1.54, 1.807) is 6.26 Å². The molecule has 0 saturated carbocycles. The molecule has 1 amide bonds. The van der Waals surface area contributed by atoms with Crippen molar-refractivity contribution in [3.8, 4) is 28.3 Å². The molecule has 0 radical (unpaired) electrons. The summed E-state index contributed by atoms with van der Waals surface area (Å²) in [6, 6.07) is 30.6. The molecule has 41 heavy (non-hydrogen) atoms. The number of hydrogen-bond donors (Lipinski definition) is 2. The first kappa shape index (κ1) is 27.0. The predicted molar refractivity (Wildman–Crippen MR) is 162 cm³/mol. The molecule has 7 nitrogen and oxygen atoms in total. The van der Waals surface area contributed by atoms with Gasteiger partial charge < -0.3 is 15.1 Å². The molecule has 0 spiro atoms. The lowest BCUT2D eigenvalue weighted by atomic mass is 9.99. The van der Waals surface area contributed by atoms with Crippen LogP contribution in [0.5, 0.6) is 0 Å². The Hall–Kier alpha value is -4.17. The Kier molecular flexibility index (Phi) is 8.28. The van der Waals surface area contributed by atoms with Gasteiger partial charge in [-0.1, -0.05) is 66.2 Å². The summed E-state index contributed by atoms with van der Waals surface area (Å²) >= 11 is 6.03. The van der Waals surface area contributed by atoms with E-state index >= 15 is 0 Å². The van der Waals surface area contributed by atoms with Crippen molar-refractivity contribution in [3.05, 3.63) is 120 Å². The molecule has 1 saturated heterocycles. The van der Waals surface area contributed by atoms with Crippen molar-refractivity contribution in [3.63, 3.8) is 0 Å². The van der Waals surface area contributed by atoms with Gasteiger partial charge in [0.25, 0.3) is 0 Å². The number of carbonyl (C=O) groups is 1. The molecule has 5 aromatic rings. The molecule has 1 aliphatic rings. The second-order valence-electron chi connectivity index (χ2n) is 10.3. The van der Waals surface area contributed by atoms with Gasteiger partial charge >= 0.3 is 0 Å². The first-order valence-electron chi connectivity index (χ1n) is 13.9. The van der Waals surface area contributed by atoms with Gasteiger partial charge in [-0.05, 0) is 59.5 Å². The van der Waals surface area contributed by atoms with E-state index in [-0.39, 0.29) is 12.3 Å². The number of aromatic nitrogens is 2. The summed E-state index contributed by atoms with van der Waals surface area (Å²) in [6.45, 7) is 3.19. The molecule has 0 bridgehead atoms. The van der Waals surface area contributed by atoms with E-state index < -0.39 is 0 Å². The summed E-state index contributed by atoms with van der Waals surface area (Å²) in [7, 11) is 0. The van der Waals surface area contributed by atoms with Crippen molar-refractivity contribution in [1.82, 2.24) is 25.3 Å². The quantitative estimate of drug-likeness (QED) is 0.244. The van der Waals surface area contributed by atoms with Gasteiger partial charge in [-0.15, -0.1) is 0 Å². The maximum Gasteiger partial charge on any atom is 0.225 e. The van der Waals surface area contributed by atoms with Crippen LogP contribution >= 0.6 is 11.6 Å². The second kappa shape index (κ2) is 12.6. The van der Waals surface area contributed by atoms with Crippen LogP contribution in [0.1, 0.15) is 11.1 Å². The molecule has 6 rings (SSSR count). The van der Waals surface area contributed by atoms with Crippen LogP contribution in [0, 0.1) is 0 Å². The van der Waals surface area contributed by atoms with Crippen LogP contribution in [0.2, 0.25) is 5.02 Å². The highest BCUT2D eigenvalue weighted by Crippen LogP contribution is 2.24. The Labute approximate surface area is 244 Å². The number of para-hydroxylation sites is 1. The summed E-state index contributed by atoms with van der Waals surface area (Å²) in [4.78, 5) is 15.2. The van der Waals surface area contributed by atoms with E-state index in [1.165, 1.54) is 11.1 Å². The third-order valence-electron chi connectivity index (χ3n) is 7.43. The van der Waals surface area contributed by atoms with Crippen LogP contribution in [-0.4, -0.2) is 52.9 Å². The van der Waals surface area contributed by atoms with E-state index in [9.17, 15) is 4.79 Å². The van der Waals surface area contributed by atoms with Gasteiger partial charge in [0, 0.05) is 42.5 Å². The summed E-state index contributed by atoms with van der Waals surface area (Å²) in [5.74, 6) is 0.614. The van der Waals surface area contributed by atoms with E-state index in [0.717, 1.165) is 53.6 Å². The zero-order valence-corrected chi connectivity index (χ0v) is 23.4. The smallest absolute Gasteiger partial charge is 0.225 e. The number of halogens is 1. The Morgan fingerprint density at radius 2 is 1.73 bits per heavy atom. The molecule has 2 aromatic heterocycles. The van der Waals surface area contributed by atoms with Crippen molar-refractivity contribution < 1.29 is 9.21 Å². The number of amides is 1. The Bertz CT molecular complexity index is 1580. The van der Waals surface area contributed by atoms with Crippen molar-refractivity contribution >= 4 is 17.5 Å². The molecule has 8 heteroatoms. The number of piperazine rings is 1. The average molecular weight is 566 g/mol. The summed E-state index contributed by atoms with van der Waals surface area (Å²) < 4.78 is 7.55. The lowest BCUT2D eigenvalue weighted by Crippen LogP contribution is -2.55. The van der Waals surface area contributed by atoms with E-state index in [1.807, 2.05) is 77.6 Å². The molecule has 1 atom stereocenters. The Morgan fingerprint density at radius 1 is 0.976 bits per heavy atom. The number of hydrogen-bond acceptors (Lipinski definition) is 5. The van der Waals surface area contributed by atoms with E-state index in [0.29, 0.717) is 18.5 Å². The number of nitrogens with zero attached hydrogens (tertiary/aromatic N) is 3. The van der Waals surface area contributed by atoms with Crippen LogP contribution in [0.4, 0.5) is 0 Å². The first-order valence-corrected chi connectivity index (χ1v) is 14.2. The number of benzene rings is 3. The maximum atomic E-state index is 12.8. The lowest BCUT2D eigenvalue weighted by Gasteiger charge is -2.36. The molecular weight excluding hydrogens is 534 g/mol. The highest BCUT2D eigenvalue weighted by Gasteiger charge is 2.23. The van der Waals surface area contributed by atoms with Crippen molar-refractivity contribution in [1.29, 1.82) is 0 Å². The fourth-order valence-corrected chi connectivity index (χ4v) is 5.31. The van der Waals surface area contributed by atoms with Crippen molar-refractivity contribution in [2.24, 2.45) is 0 Å². The van der Waals surface area contributed by atoms with Crippen molar-refractivity contribution in [2.75, 3.05) is 26.3 Å². The van der Waals surface area contributed by atoms with Crippen LogP contribution in [0.15, 0.2) is 108 Å². The van der Waals surface area contributed by atoms with Crippen LogP contribution < -0.4 is 10.6 Å². The lowest BCUT2D eigenvalue weighted by molar-refractivity contribution is -0.121. The van der Waals surface area contributed by atoms with E-state index in [2.05, 4.69) is 44.9 Å². The minimum absolute atomic E-state index is 0.0308. The van der Waals surface area contributed by atoms with Crippen LogP contribution in [0.3, 0.4) is 0 Å². The first-order chi connectivity index (χ1) is 20.1. The highest BCUT2D eigenvalue weighted by molar-refractivity contribution is 6.30. The monoisotopic (exact) mass is 565 g/mol. The molecule has 1 fully saturated rings. The number of furan rings is 1. The standard InChI is InChI=1S/C33H32ClN5O2/c34-28-12-10-27(11-13-28)26-8-6-24(7-9-26)18-30-21-35-15-17-38(30)23-36-33(40)20-25-19-32(41-22-25)31-14-16-39(37-31)29-4-2-1-3-5-29/h1-14,16,19,22,30,35H,15,17-18,20-21,23H2,(H,36,40). The van der Waals surface area contributed by atoms with Gasteiger partial charge in [0.05, 0.1) is 25.0 Å². The molecule has 208 valence electrons. The highest BCUT2D eigenvalue weighted by atomic mass is 35.5. The zero-order valence-electron chi connectivity index (χ0n) is 22.7. The van der Waals surface area contributed by atoms with Gasteiger partial charge in [-0.25, -0.2) is 4.68 Å². The fraction of sp³-hybridized carbons (Fsp3) is 0.212. The molecule has 3 aromatic carbocycles. The molecule has 2 N–H and O–H groups in total. The second-order valence-corrected chi connectivity index (χ2v) is 10.7. The molecule has 3 heterocycles. The number of nitrogens with one attached hydrogen (secondary N) is 2. The minimum atomic E-state index is -0.0308. The Balaban J connectivity index is 1.02. The molecular formula is C33H32ClN5O2. The number of rotatable bonds is 9. The molecule has 0 aliphatic carbocycles. The van der Waals surface area contributed by atoms with Crippen LogP contribution in [-0.2, 0) is 17.6 Å². The van der Waals surface area contributed by atoms with Gasteiger partial charge in [-0.2, -0.15) is 5.10 Å². The number of carbonyl (C=O) groups excluding carboxylic acids is 1. The van der Waals surface area contributed by atoms with Gasteiger partial charge in [0.15, 0.2) is 5.76 Å². The maximum absolute atomic E-state index is 12.8. The SMILES string of the molecule is O=C(Cc1coc(-c2ccn(-c3ccccc3)n2)c1)NCN1CCNCC1Cc1ccc(-c2ccc(Cl)cc2)cc1. The summed E-state index contributed by atoms with van der Waals surface area (Å²) in [6.07, 6.45) is 4.70. The molecule has 1 unspecified atom stereocenters. The average Bonchev–Trinajstić information content (AvgIpc) is 3.68. The minimum Gasteiger partial charge on any atom is -0.462 e. The Morgan fingerprint density at radius 3 is 2.51 bits per heavy atom. The van der Waals surface area contributed by atoms with Gasteiger partial charge in [0.2, 0.25) is 5.91 Å². The topological polar surface area (TPSA) is 75.3 Å². The predicted octanol–water partition coefficient (Wildman–Crippen LogP) is 5.59. The fourth-order valence-electron chi connectivity index (χ4n) is 5.18. The summed E-state index contributed by atoms with van der Waals surface area (Å²) in [5.41, 5.74) is 6.12. The van der Waals surface area contributed by atoms with Crippen LogP contribution in [0.25, 0.3) is 28.3 Å². The zero-order chi connectivity index (χ0) is 28.0. The molecule has 1 aliphatic heterocycles. The van der Waals surface area contributed by atoms with E-state index in [4.69, 9.17) is 16.0 Å². The summed E-state index contributed by atoms with van der Waals surface area (Å²) in [5, 5.41) is 12.0. The van der Waals surface area contributed by atoms with Gasteiger partial charge in [0.1, 0.15) is 5.69 Å². The van der Waals surface area contributed by atoms with Gasteiger partial charge in [-0.3, -0.25) is 9.69 Å². The largest absolute Gasteiger partial charge is 0.462 e. The van der Waals surface area contributed by atoms with Crippen molar-refractivity contribution in [2.45, 2.75) is 18.9 Å². The normalized spacial score (nSPS) is 15.6. The third-order valence-corrected chi connectivity index (χ3v) is 7.69.